The zero-order chi connectivity index (χ0) is 9.84. The van der Waals surface area contributed by atoms with Crippen molar-refractivity contribution in [3.8, 4) is 0 Å². The maximum Gasteiger partial charge on any atom is 0.238 e. The molecule has 0 N–H and O–H groups in total. The van der Waals surface area contributed by atoms with Crippen molar-refractivity contribution in [1.82, 2.24) is 10.0 Å². The Hall–Kier alpha value is -0.850. The summed E-state index contributed by atoms with van der Waals surface area (Å²) in [6, 6.07) is 0. The summed E-state index contributed by atoms with van der Waals surface area (Å²) in [6.07, 6.45) is 3.24. The second kappa shape index (κ2) is 4.40. The monoisotopic (exact) mass is 250 g/mol. The van der Waals surface area contributed by atoms with Crippen LogP contribution in [-0.2, 0) is 0 Å². The number of unbranched alkanes of at least 4 members (excludes halogenated alkanes) is 1. The predicted octanol–water partition coefficient (Wildman–Crippen LogP) is 1.22. The highest BCUT2D eigenvalue weighted by atomic mass is 79.9. The van der Waals surface area contributed by atoms with Gasteiger partial charge in [-0.15, -0.1) is 0 Å². The maximum absolute atomic E-state index is 10.4. The highest BCUT2D eigenvalue weighted by molar-refractivity contribution is 9.09. The topological polar surface area (TPSA) is 62.0 Å². The predicted molar refractivity (Wildman–Crippen MR) is 51.7 cm³/mol. The summed E-state index contributed by atoms with van der Waals surface area (Å²) < 4.78 is 0. The van der Waals surface area contributed by atoms with Crippen molar-refractivity contribution in [1.29, 1.82) is 0 Å². The molecule has 0 saturated carbocycles. The maximum atomic E-state index is 10.4. The van der Waals surface area contributed by atoms with E-state index in [0.29, 0.717) is 0 Å². The number of halogens is 1. The SMILES string of the molecule is CCCCN1N=CN([N+](=O)[O-])C1Br. The van der Waals surface area contributed by atoms with Crippen LogP contribution in [0.25, 0.3) is 0 Å². The fraction of sp³-hybridized carbons (Fsp3) is 0.833. The van der Waals surface area contributed by atoms with Gasteiger partial charge in [0, 0.05) is 6.54 Å². The summed E-state index contributed by atoms with van der Waals surface area (Å²) in [5, 5.41) is 15.9. The minimum atomic E-state index is -0.491. The van der Waals surface area contributed by atoms with E-state index in [0.717, 1.165) is 24.4 Å². The van der Waals surface area contributed by atoms with Crippen LogP contribution in [0.15, 0.2) is 5.10 Å². The molecule has 13 heavy (non-hydrogen) atoms. The number of hydrogen-bond acceptors (Lipinski definition) is 4. The second-order valence-corrected chi connectivity index (χ2v) is 3.50. The third kappa shape index (κ3) is 2.30. The highest BCUT2D eigenvalue weighted by Gasteiger charge is 2.32. The van der Waals surface area contributed by atoms with E-state index in [1.54, 1.807) is 5.01 Å². The number of alkyl halides is 1. The third-order valence-corrected chi connectivity index (χ3v) is 2.60. The van der Waals surface area contributed by atoms with Gasteiger partial charge in [-0.1, -0.05) is 13.3 Å². The molecule has 6 nitrogen and oxygen atoms in total. The first-order chi connectivity index (χ1) is 6.16. The number of rotatable bonds is 4. The second-order valence-electron chi connectivity index (χ2n) is 2.68. The van der Waals surface area contributed by atoms with Crippen LogP contribution >= 0.6 is 15.9 Å². The molecular formula is C6H11BrN4O2. The van der Waals surface area contributed by atoms with E-state index in [1.165, 1.54) is 6.34 Å². The van der Waals surface area contributed by atoms with Gasteiger partial charge in [0.05, 0.1) is 0 Å². The first-order valence-corrected chi connectivity index (χ1v) is 4.96. The van der Waals surface area contributed by atoms with Crippen molar-refractivity contribution >= 4 is 22.3 Å². The fourth-order valence-corrected chi connectivity index (χ4v) is 1.54. The van der Waals surface area contributed by atoms with Crippen molar-refractivity contribution in [3.05, 3.63) is 10.1 Å². The average molecular weight is 251 g/mol. The van der Waals surface area contributed by atoms with Crippen LogP contribution in [0, 0.1) is 10.1 Å². The molecule has 1 heterocycles. The van der Waals surface area contributed by atoms with Crippen LogP contribution in [0.5, 0.6) is 0 Å². The molecule has 1 rings (SSSR count). The van der Waals surface area contributed by atoms with Crippen LogP contribution < -0.4 is 0 Å². The van der Waals surface area contributed by atoms with Crippen LogP contribution in [-0.4, -0.2) is 33.0 Å². The summed E-state index contributed by atoms with van der Waals surface area (Å²) in [4.78, 5) is 10.4. The van der Waals surface area contributed by atoms with E-state index in [-0.39, 0.29) is 0 Å². The number of nitro groups is 1. The molecule has 0 saturated heterocycles. The lowest BCUT2D eigenvalue weighted by atomic mass is 10.3. The first-order valence-electron chi connectivity index (χ1n) is 4.04. The molecule has 1 aliphatic rings. The number of nitrogens with zero attached hydrogens (tertiary/aromatic N) is 4. The molecule has 0 aliphatic carbocycles. The van der Waals surface area contributed by atoms with Gasteiger partial charge in [-0.25, -0.2) is 10.1 Å². The molecule has 0 spiro atoms. The van der Waals surface area contributed by atoms with Crippen molar-refractivity contribution in [2.45, 2.75) is 24.8 Å². The van der Waals surface area contributed by atoms with E-state index >= 15 is 0 Å². The van der Waals surface area contributed by atoms with E-state index in [9.17, 15) is 10.1 Å². The molecule has 0 aromatic rings. The lowest BCUT2D eigenvalue weighted by Gasteiger charge is -2.18. The Morgan fingerprint density at radius 2 is 2.46 bits per heavy atom. The molecule has 0 bridgehead atoms. The van der Waals surface area contributed by atoms with Gasteiger partial charge >= 0.3 is 0 Å². The van der Waals surface area contributed by atoms with Gasteiger partial charge in [-0.2, -0.15) is 5.10 Å². The summed E-state index contributed by atoms with van der Waals surface area (Å²) in [5.41, 5.74) is 0. The van der Waals surface area contributed by atoms with Crippen LogP contribution in [0.1, 0.15) is 19.8 Å². The van der Waals surface area contributed by atoms with E-state index in [4.69, 9.17) is 0 Å². The standard InChI is InChI=1S/C6H11BrN4O2/c1-2-3-4-9-6(7)10(5-8-9)11(12)13/h5-6H,2-4H2,1H3. The van der Waals surface area contributed by atoms with Crippen LogP contribution in [0.4, 0.5) is 0 Å². The molecule has 1 aliphatic heterocycles. The Labute approximate surface area is 84.4 Å². The fourth-order valence-electron chi connectivity index (χ4n) is 0.970. The summed E-state index contributed by atoms with van der Waals surface area (Å²) in [5.74, 6) is 0. The van der Waals surface area contributed by atoms with Crippen LogP contribution in [0.3, 0.4) is 0 Å². The summed E-state index contributed by atoms with van der Waals surface area (Å²) in [7, 11) is 0. The Morgan fingerprint density at radius 3 is 2.92 bits per heavy atom. The van der Waals surface area contributed by atoms with Gasteiger partial charge in [0.25, 0.3) is 0 Å². The zero-order valence-corrected chi connectivity index (χ0v) is 8.85. The molecule has 0 radical (unpaired) electrons. The van der Waals surface area contributed by atoms with E-state index in [2.05, 4.69) is 28.0 Å². The molecule has 0 aromatic carbocycles. The molecule has 7 heteroatoms. The van der Waals surface area contributed by atoms with Crippen LogP contribution in [0.2, 0.25) is 0 Å². The van der Waals surface area contributed by atoms with Gasteiger partial charge in [0.1, 0.15) is 0 Å². The van der Waals surface area contributed by atoms with Gasteiger partial charge in [0.2, 0.25) is 5.08 Å². The minimum Gasteiger partial charge on any atom is -0.257 e. The van der Waals surface area contributed by atoms with E-state index < -0.39 is 10.1 Å². The quantitative estimate of drug-likeness (QED) is 0.326. The largest absolute Gasteiger partial charge is 0.257 e. The van der Waals surface area contributed by atoms with Crippen molar-refractivity contribution in [2.24, 2.45) is 5.10 Å². The van der Waals surface area contributed by atoms with Gasteiger partial charge in [-0.3, -0.25) is 5.01 Å². The minimum absolute atomic E-state index is 0.450. The normalized spacial score (nSPS) is 21.2. The molecule has 1 unspecified atom stereocenters. The Kier molecular flexibility index (Phi) is 3.47. The Bertz CT molecular complexity index is 223. The Morgan fingerprint density at radius 1 is 1.77 bits per heavy atom. The third-order valence-electron chi connectivity index (χ3n) is 1.71. The molecule has 1 atom stereocenters. The smallest absolute Gasteiger partial charge is 0.238 e. The number of hydrazone groups is 1. The van der Waals surface area contributed by atoms with Gasteiger partial charge in [0.15, 0.2) is 11.4 Å². The Balaban J connectivity index is 2.46. The highest BCUT2D eigenvalue weighted by Crippen LogP contribution is 2.18. The first kappa shape index (κ1) is 10.2. The van der Waals surface area contributed by atoms with E-state index in [1.807, 2.05) is 0 Å². The lowest BCUT2D eigenvalue weighted by molar-refractivity contribution is -0.631. The average Bonchev–Trinajstić information content (AvgIpc) is 2.43. The zero-order valence-electron chi connectivity index (χ0n) is 7.26. The molecule has 0 fully saturated rings. The summed E-state index contributed by atoms with van der Waals surface area (Å²) in [6.45, 7) is 2.79. The molecule has 0 amide bonds. The molecule has 74 valence electrons. The van der Waals surface area contributed by atoms with Crippen molar-refractivity contribution in [3.63, 3.8) is 0 Å². The van der Waals surface area contributed by atoms with Gasteiger partial charge in [-0.05, 0) is 27.4 Å². The lowest BCUT2D eigenvalue weighted by Crippen LogP contribution is -2.38. The number of hydrazine groups is 1. The van der Waals surface area contributed by atoms with Crippen molar-refractivity contribution < 1.29 is 5.03 Å². The molecule has 0 aromatic heterocycles. The van der Waals surface area contributed by atoms with Gasteiger partial charge < -0.3 is 0 Å². The summed E-state index contributed by atoms with van der Waals surface area (Å²) >= 11 is 3.19. The van der Waals surface area contributed by atoms with Crippen molar-refractivity contribution in [2.75, 3.05) is 6.54 Å². The number of hydrogen-bond donors (Lipinski definition) is 0. The molecular weight excluding hydrogens is 240 g/mol.